The Morgan fingerprint density at radius 3 is 2.68 bits per heavy atom. The highest BCUT2D eigenvalue weighted by Crippen LogP contribution is 2.34. The Balaban J connectivity index is 2.02. The van der Waals surface area contributed by atoms with Crippen LogP contribution in [0, 0.1) is 0 Å². The van der Waals surface area contributed by atoms with Crippen molar-refractivity contribution >= 4 is 11.3 Å². The predicted octanol–water partition coefficient (Wildman–Crippen LogP) is 2.68. The van der Waals surface area contributed by atoms with E-state index in [9.17, 15) is 10.2 Å². The third-order valence-electron chi connectivity index (χ3n) is 2.54. The van der Waals surface area contributed by atoms with Crippen LogP contribution in [0.1, 0.15) is 0 Å². The van der Waals surface area contributed by atoms with E-state index in [0.717, 1.165) is 5.01 Å². The van der Waals surface area contributed by atoms with Crippen molar-refractivity contribution in [2.45, 2.75) is 0 Å². The topological polar surface area (TPSA) is 79.1 Å². The highest BCUT2D eigenvalue weighted by Gasteiger charge is 2.11. The molecule has 0 atom stereocenters. The van der Waals surface area contributed by atoms with Crippen LogP contribution in [0.2, 0.25) is 0 Å². The van der Waals surface area contributed by atoms with E-state index in [1.807, 2.05) is 5.38 Å². The zero-order valence-corrected chi connectivity index (χ0v) is 10.5. The first-order chi connectivity index (χ1) is 9.24. The molecule has 1 aromatic carbocycles. The SMILES string of the molecule is Oc1ccc(-c2csc(-c3cnccn3)n2)c(O)c1. The van der Waals surface area contributed by atoms with E-state index in [2.05, 4.69) is 15.0 Å². The molecule has 0 radical (unpaired) electrons. The van der Waals surface area contributed by atoms with Crippen LogP contribution < -0.4 is 0 Å². The molecule has 2 N–H and O–H groups in total. The first-order valence-electron chi connectivity index (χ1n) is 5.48. The first kappa shape index (κ1) is 11.6. The van der Waals surface area contributed by atoms with Crippen molar-refractivity contribution in [1.29, 1.82) is 0 Å². The van der Waals surface area contributed by atoms with E-state index in [1.165, 1.54) is 23.5 Å². The Morgan fingerprint density at radius 2 is 1.95 bits per heavy atom. The highest BCUT2D eigenvalue weighted by atomic mass is 32.1. The molecule has 0 aliphatic carbocycles. The summed E-state index contributed by atoms with van der Waals surface area (Å²) in [4.78, 5) is 12.6. The van der Waals surface area contributed by atoms with Crippen LogP contribution in [0.3, 0.4) is 0 Å². The maximum absolute atomic E-state index is 9.80. The molecule has 2 heterocycles. The molecular formula is C13H9N3O2S. The number of rotatable bonds is 2. The number of hydrogen-bond acceptors (Lipinski definition) is 6. The van der Waals surface area contributed by atoms with E-state index in [1.54, 1.807) is 24.7 Å². The molecule has 5 nitrogen and oxygen atoms in total. The van der Waals surface area contributed by atoms with Gasteiger partial charge in [-0.15, -0.1) is 11.3 Å². The minimum Gasteiger partial charge on any atom is -0.508 e. The standard InChI is InChI=1S/C13H9N3O2S/c17-8-1-2-9(12(18)5-8)11-7-19-13(16-11)10-6-14-3-4-15-10/h1-7,17-18H. The summed E-state index contributed by atoms with van der Waals surface area (Å²) in [5.41, 5.74) is 1.91. The van der Waals surface area contributed by atoms with Crippen LogP contribution in [0.4, 0.5) is 0 Å². The highest BCUT2D eigenvalue weighted by molar-refractivity contribution is 7.13. The van der Waals surface area contributed by atoms with Gasteiger partial charge in [-0.3, -0.25) is 9.97 Å². The zero-order valence-electron chi connectivity index (χ0n) is 9.69. The molecule has 6 heteroatoms. The van der Waals surface area contributed by atoms with Crippen molar-refractivity contribution in [1.82, 2.24) is 15.0 Å². The smallest absolute Gasteiger partial charge is 0.144 e. The van der Waals surface area contributed by atoms with Gasteiger partial charge in [0.25, 0.3) is 0 Å². The van der Waals surface area contributed by atoms with Gasteiger partial charge < -0.3 is 10.2 Å². The van der Waals surface area contributed by atoms with Gasteiger partial charge in [-0.2, -0.15) is 0 Å². The molecule has 3 rings (SSSR count). The predicted molar refractivity (Wildman–Crippen MR) is 71.9 cm³/mol. The largest absolute Gasteiger partial charge is 0.508 e. The van der Waals surface area contributed by atoms with E-state index in [-0.39, 0.29) is 11.5 Å². The molecule has 0 fully saturated rings. The molecule has 0 saturated heterocycles. The molecule has 0 aliphatic heterocycles. The second-order valence-electron chi connectivity index (χ2n) is 3.83. The number of thiazole rings is 1. The zero-order chi connectivity index (χ0) is 13.2. The van der Waals surface area contributed by atoms with Gasteiger partial charge in [0, 0.05) is 29.4 Å². The number of phenols is 2. The van der Waals surface area contributed by atoms with Crippen LogP contribution in [-0.4, -0.2) is 25.2 Å². The molecule has 0 saturated carbocycles. The van der Waals surface area contributed by atoms with Crippen molar-refractivity contribution < 1.29 is 10.2 Å². The van der Waals surface area contributed by atoms with Crippen LogP contribution in [0.15, 0.2) is 42.2 Å². The molecule has 94 valence electrons. The van der Waals surface area contributed by atoms with Crippen molar-refractivity contribution in [3.8, 4) is 33.5 Å². The molecule has 0 aliphatic rings. The fourth-order valence-corrected chi connectivity index (χ4v) is 2.44. The van der Waals surface area contributed by atoms with Gasteiger partial charge in [-0.25, -0.2) is 4.98 Å². The maximum Gasteiger partial charge on any atom is 0.144 e. The molecule has 2 aromatic heterocycles. The number of aromatic nitrogens is 3. The van der Waals surface area contributed by atoms with Crippen LogP contribution >= 0.6 is 11.3 Å². The quantitative estimate of drug-likeness (QED) is 0.749. The number of hydrogen-bond donors (Lipinski definition) is 2. The van der Waals surface area contributed by atoms with E-state index in [0.29, 0.717) is 17.0 Å². The number of nitrogens with zero attached hydrogens (tertiary/aromatic N) is 3. The lowest BCUT2D eigenvalue weighted by atomic mass is 10.1. The fraction of sp³-hybridized carbons (Fsp3) is 0. The lowest BCUT2D eigenvalue weighted by Gasteiger charge is -2.01. The lowest BCUT2D eigenvalue weighted by Crippen LogP contribution is -1.84. The number of phenolic OH excluding ortho intramolecular Hbond substituents is 2. The molecule has 0 bridgehead atoms. The van der Waals surface area contributed by atoms with Crippen molar-refractivity contribution in [2.24, 2.45) is 0 Å². The third-order valence-corrected chi connectivity index (χ3v) is 3.41. The van der Waals surface area contributed by atoms with Crippen molar-refractivity contribution in [2.75, 3.05) is 0 Å². The summed E-state index contributed by atoms with van der Waals surface area (Å²) in [5.74, 6) is 0.0154. The Bertz CT molecular complexity index is 713. The molecule has 3 aromatic rings. The van der Waals surface area contributed by atoms with Crippen LogP contribution in [0.25, 0.3) is 22.0 Å². The van der Waals surface area contributed by atoms with Gasteiger partial charge in [0.1, 0.15) is 22.2 Å². The second kappa shape index (κ2) is 4.66. The number of benzene rings is 1. The maximum atomic E-state index is 9.80. The van der Waals surface area contributed by atoms with Crippen LogP contribution in [-0.2, 0) is 0 Å². The summed E-state index contributed by atoms with van der Waals surface area (Å²) in [7, 11) is 0. The summed E-state index contributed by atoms with van der Waals surface area (Å²) in [5, 5.41) is 21.6. The third kappa shape index (κ3) is 2.25. The molecule has 0 spiro atoms. The summed E-state index contributed by atoms with van der Waals surface area (Å²) < 4.78 is 0. The number of aromatic hydroxyl groups is 2. The minimum absolute atomic E-state index is 0.00371. The summed E-state index contributed by atoms with van der Waals surface area (Å²) in [6.07, 6.45) is 4.84. The van der Waals surface area contributed by atoms with Crippen molar-refractivity contribution in [3.05, 3.63) is 42.2 Å². The Kier molecular flexibility index (Phi) is 2.85. The summed E-state index contributed by atoms with van der Waals surface area (Å²) in [6.45, 7) is 0. The van der Waals surface area contributed by atoms with Crippen molar-refractivity contribution in [3.63, 3.8) is 0 Å². The molecule has 19 heavy (non-hydrogen) atoms. The van der Waals surface area contributed by atoms with Gasteiger partial charge in [0.15, 0.2) is 0 Å². The first-order valence-corrected chi connectivity index (χ1v) is 6.36. The minimum atomic E-state index is -0.00371. The summed E-state index contributed by atoms with van der Waals surface area (Å²) in [6, 6.07) is 4.42. The Hall–Kier alpha value is -2.47. The van der Waals surface area contributed by atoms with E-state index < -0.39 is 0 Å². The molecule has 0 amide bonds. The fourth-order valence-electron chi connectivity index (χ4n) is 1.66. The average molecular weight is 271 g/mol. The average Bonchev–Trinajstić information content (AvgIpc) is 2.89. The molecular weight excluding hydrogens is 262 g/mol. The Labute approximate surface area is 112 Å². The van der Waals surface area contributed by atoms with Gasteiger partial charge in [0.05, 0.1) is 11.9 Å². The van der Waals surface area contributed by atoms with Gasteiger partial charge in [-0.05, 0) is 12.1 Å². The van der Waals surface area contributed by atoms with Crippen LogP contribution in [0.5, 0.6) is 11.5 Å². The molecule has 0 unspecified atom stereocenters. The lowest BCUT2D eigenvalue weighted by molar-refractivity contribution is 0.452. The monoisotopic (exact) mass is 271 g/mol. The Morgan fingerprint density at radius 1 is 1.05 bits per heavy atom. The van der Waals surface area contributed by atoms with Gasteiger partial charge >= 0.3 is 0 Å². The van der Waals surface area contributed by atoms with E-state index >= 15 is 0 Å². The van der Waals surface area contributed by atoms with Gasteiger partial charge in [0.2, 0.25) is 0 Å². The summed E-state index contributed by atoms with van der Waals surface area (Å²) >= 11 is 1.42. The normalized spacial score (nSPS) is 10.5. The van der Waals surface area contributed by atoms with E-state index in [4.69, 9.17) is 0 Å². The second-order valence-corrected chi connectivity index (χ2v) is 4.69. The van der Waals surface area contributed by atoms with Gasteiger partial charge in [-0.1, -0.05) is 0 Å².